The number of rotatable bonds is 19. The Hall–Kier alpha value is -0.530. The molecule has 1 aromatic carbocycles. The number of hydrogen-bond donors (Lipinski definition) is 0. The lowest BCUT2D eigenvalue weighted by Crippen LogP contribution is -2.02. The van der Waals surface area contributed by atoms with E-state index in [1.54, 1.807) is 0 Å². The molecule has 0 radical (unpaired) electrons. The van der Waals surface area contributed by atoms with Gasteiger partial charge in [-0.15, -0.1) is 0 Å². The van der Waals surface area contributed by atoms with Gasteiger partial charge in [0, 0.05) is 11.6 Å². The zero-order chi connectivity index (χ0) is 20.3. The highest BCUT2D eigenvalue weighted by molar-refractivity contribution is 6.31. The molecular weight excluding hydrogens is 364 g/mol. The molecule has 1 unspecified atom stereocenters. The van der Waals surface area contributed by atoms with Gasteiger partial charge in [0.1, 0.15) is 0 Å². The van der Waals surface area contributed by atoms with Crippen molar-refractivity contribution in [1.29, 1.82) is 0 Å². The molecule has 0 aliphatic carbocycles. The minimum atomic E-state index is 0.0880. The van der Waals surface area contributed by atoms with Gasteiger partial charge in [-0.1, -0.05) is 133 Å². The van der Waals surface area contributed by atoms with E-state index in [2.05, 4.69) is 19.9 Å². The van der Waals surface area contributed by atoms with Crippen LogP contribution < -0.4 is 0 Å². The maximum absolute atomic E-state index is 6.22. The van der Waals surface area contributed by atoms with Crippen LogP contribution in [0.1, 0.15) is 128 Å². The van der Waals surface area contributed by atoms with Gasteiger partial charge in [0.15, 0.2) is 0 Å². The normalized spacial score (nSPS) is 12.4. The second-order valence-corrected chi connectivity index (χ2v) is 8.75. The molecule has 0 aromatic heterocycles. The van der Waals surface area contributed by atoms with Gasteiger partial charge in [0.05, 0.1) is 6.10 Å². The fourth-order valence-corrected chi connectivity index (χ4v) is 4.09. The molecule has 0 spiro atoms. The summed E-state index contributed by atoms with van der Waals surface area (Å²) < 4.78 is 5.94. The topological polar surface area (TPSA) is 9.23 Å². The van der Waals surface area contributed by atoms with Crippen molar-refractivity contribution in [2.45, 2.75) is 123 Å². The summed E-state index contributed by atoms with van der Waals surface area (Å²) in [7, 11) is 0. The first kappa shape index (κ1) is 25.5. The largest absolute Gasteiger partial charge is 0.374 e. The third kappa shape index (κ3) is 13.6. The fourth-order valence-electron chi connectivity index (χ4n) is 3.80. The van der Waals surface area contributed by atoms with E-state index in [4.69, 9.17) is 16.3 Å². The Morgan fingerprint density at radius 2 is 1.11 bits per heavy atom. The summed E-state index contributed by atoms with van der Waals surface area (Å²) in [4.78, 5) is 0. The summed E-state index contributed by atoms with van der Waals surface area (Å²) in [6.07, 6.45) is 22.5. The molecule has 0 bridgehead atoms. The molecule has 0 heterocycles. The number of ether oxygens (including phenoxy) is 1. The van der Waals surface area contributed by atoms with Gasteiger partial charge < -0.3 is 4.74 Å². The van der Waals surface area contributed by atoms with Crippen molar-refractivity contribution in [3.63, 3.8) is 0 Å². The molecule has 1 aromatic rings. The Morgan fingerprint density at radius 3 is 1.57 bits per heavy atom. The van der Waals surface area contributed by atoms with Crippen molar-refractivity contribution >= 4 is 11.6 Å². The Balaban J connectivity index is 1.79. The molecular formula is C26H45ClO. The van der Waals surface area contributed by atoms with Gasteiger partial charge in [-0.3, -0.25) is 0 Å². The maximum atomic E-state index is 6.22. The van der Waals surface area contributed by atoms with Crippen LogP contribution in [0, 0.1) is 0 Å². The Bertz CT molecular complexity index is 460. The molecule has 1 rings (SSSR count). The van der Waals surface area contributed by atoms with Gasteiger partial charge in [-0.05, 0) is 25.0 Å². The number of unbranched alkanes of at least 4 members (excludes halogenated alkanes) is 15. The highest BCUT2D eigenvalue weighted by Gasteiger charge is 2.08. The van der Waals surface area contributed by atoms with Crippen molar-refractivity contribution in [2.75, 3.05) is 6.61 Å². The van der Waals surface area contributed by atoms with Gasteiger partial charge in [0.2, 0.25) is 0 Å². The van der Waals surface area contributed by atoms with E-state index in [1.807, 2.05) is 18.2 Å². The Labute approximate surface area is 180 Å². The first-order valence-electron chi connectivity index (χ1n) is 12.1. The van der Waals surface area contributed by atoms with Crippen LogP contribution in [0.5, 0.6) is 0 Å². The second kappa shape index (κ2) is 18.5. The maximum Gasteiger partial charge on any atom is 0.0811 e. The standard InChI is InChI=1S/C26H45ClO/c1-3-4-5-6-7-8-9-10-11-12-13-14-15-16-17-20-23-28-24(2)25-21-18-19-22-26(25)27/h18-19,21-22,24H,3-17,20,23H2,1-2H3. The van der Waals surface area contributed by atoms with E-state index in [0.29, 0.717) is 0 Å². The zero-order valence-corrected chi connectivity index (χ0v) is 19.4. The third-order valence-electron chi connectivity index (χ3n) is 5.71. The van der Waals surface area contributed by atoms with E-state index in [0.717, 1.165) is 23.6 Å². The van der Waals surface area contributed by atoms with Crippen LogP contribution >= 0.6 is 11.6 Å². The van der Waals surface area contributed by atoms with Crippen LogP contribution in [-0.4, -0.2) is 6.61 Å². The predicted molar refractivity (Wildman–Crippen MR) is 125 cm³/mol. The molecule has 0 N–H and O–H groups in total. The van der Waals surface area contributed by atoms with Gasteiger partial charge >= 0.3 is 0 Å². The van der Waals surface area contributed by atoms with Crippen LogP contribution in [0.3, 0.4) is 0 Å². The molecule has 0 saturated carbocycles. The first-order valence-corrected chi connectivity index (χ1v) is 12.5. The van der Waals surface area contributed by atoms with Gasteiger partial charge in [-0.25, -0.2) is 0 Å². The number of benzene rings is 1. The quantitative estimate of drug-likeness (QED) is 0.207. The van der Waals surface area contributed by atoms with E-state index >= 15 is 0 Å². The molecule has 28 heavy (non-hydrogen) atoms. The molecule has 0 amide bonds. The predicted octanol–water partition coefficient (Wildman–Crippen LogP) is 9.68. The summed E-state index contributed by atoms with van der Waals surface area (Å²) in [6, 6.07) is 7.98. The highest BCUT2D eigenvalue weighted by atomic mass is 35.5. The third-order valence-corrected chi connectivity index (χ3v) is 6.05. The lowest BCUT2D eigenvalue weighted by molar-refractivity contribution is 0.0628. The summed E-state index contributed by atoms with van der Waals surface area (Å²) in [5.41, 5.74) is 1.10. The second-order valence-electron chi connectivity index (χ2n) is 8.34. The monoisotopic (exact) mass is 408 g/mol. The minimum absolute atomic E-state index is 0.0880. The summed E-state index contributed by atoms with van der Waals surface area (Å²) in [5.74, 6) is 0. The number of halogens is 1. The molecule has 0 saturated heterocycles. The van der Waals surface area contributed by atoms with Gasteiger partial charge in [-0.2, -0.15) is 0 Å². The van der Waals surface area contributed by atoms with E-state index in [-0.39, 0.29) is 6.10 Å². The van der Waals surface area contributed by atoms with Crippen LogP contribution in [0.25, 0.3) is 0 Å². The minimum Gasteiger partial charge on any atom is -0.374 e. The summed E-state index contributed by atoms with van der Waals surface area (Å²) in [5, 5.41) is 0.807. The van der Waals surface area contributed by atoms with Crippen LogP contribution in [0.4, 0.5) is 0 Å². The van der Waals surface area contributed by atoms with E-state index < -0.39 is 0 Å². The molecule has 2 heteroatoms. The highest BCUT2D eigenvalue weighted by Crippen LogP contribution is 2.25. The van der Waals surface area contributed by atoms with Crippen molar-refractivity contribution in [3.8, 4) is 0 Å². The van der Waals surface area contributed by atoms with E-state index in [9.17, 15) is 0 Å². The Kier molecular flexibility index (Phi) is 16.8. The molecule has 1 atom stereocenters. The van der Waals surface area contributed by atoms with Crippen molar-refractivity contribution in [3.05, 3.63) is 34.9 Å². The fraction of sp³-hybridized carbons (Fsp3) is 0.769. The molecule has 0 aliphatic rings. The number of hydrogen-bond acceptors (Lipinski definition) is 1. The average Bonchev–Trinajstić information content (AvgIpc) is 2.70. The van der Waals surface area contributed by atoms with Crippen molar-refractivity contribution < 1.29 is 4.74 Å². The van der Waals surface area contributed by atoms with Crippen LogP contribution in [0.2, 0.25) is 5.02 Å². The Morgan fingerprint density at radius 1 is 0.679 bits per heavy atom. The molecule has 162 valence electrons. The van der Waals surface area contributed by atoms with Gasteiger partial charge in [0.25, 0.3) is 0 Å². The van der Waals surface area contributed by atoms with Crippen LogP contribution in [-0.2, 0) is 4.74 Å². The zero-order valence-electron chi connectivity index (χ0n) is 18.7. The first-order chi connectivity index (χ1) is 13.8. The molecule has 0 fully saturated rings. The lowest BCUT2D eigenvalue weighted by atomic mass is 10.0. The van der Waals surface area contributed by atoms with Crippen molar-refractivity contribution in [2.24, 2.45) is 0 Å². The van der Waals surface area contributed by atoms with Crippen molar-refractivity contribution in [1.82, 2.24) is 0 Å². The lowest BCUT2D eigenvalue weighted by Gasteiger charge is -2.14. The smallest absolute Gasteiger partial charge is 0.0811 e. The average molecular weight is 409 g/mol. The summed E-state index contributed by atoms with van der Waals surface area (Å²) >= 11 is 6.22. The molecule has 0 aliphatic heterocycles. The van der Waals surface area contributed by atoms with E-state index in [1.165, 1.54) is 96.3 Å². The summed E-state index contributed by atoms with van der Waals surface area (Å²) in [6.45, 7) is 5.22. The van der Waals surface area contributed by atoms with Crippen LogP contribution in [0.15, 0.2) is 24.3 Å². The SMILES string of the molecule is CCCCCCCCCCCCCCCCCCOC(C)c1ccccc1Cl. The molecule has 1 nitrogen and oxygen atoms in total.